The molecule has 18 heavy (non-hydrogen) atoms. The maximum absolute atomic E-state index is 11.6. The first-order valence-electron chi connectivity index (χ1n) is 5.50. The first kappa shape index (κ1) is 14.8. The first-order valence-corrected chi connectivity index (χ1v) is 6.32. The van der Waals surface area contributed by atoms with Gasteiger partial charge in [-0.1, -0.05) is 11.3 Å². The standard InChI is InChI=1S/C10H17N3O4S/c1-2-17-9(16)6-8(18-10(12)13-6)7(15)5(14)3-4-11/h5,7,14-15H,2-4,11H2,1H3,(H2,12,13). The Kier molecular flexibility index (Phi) is 5.48. The maximum Gasteiger partial charge on any atom is 0.358 e. The van der Waals surface area contributed by atoms with Crippen molar-refractivity contribution < 1.29 is 19.7 Å². The van der Waals surface area contributed by atoms with Gasteiger partial charge in [-0.05, 0) is 19.9 Å². The van der Waals surface area contributed by atoms with Gasteiger partial charge in [0.05, 0.1) is 17.6 Å². The van der Waals surface area contributed by atoms with E-state index in [0.717, 1.165) is 11.3 Å². The van der Waals surface area contributed by atoms with Crippen molar-refractivity contribution in [3.8, 4) is 0 Å². The van der Waals surface area contributed by atoms with Crippen molar-refractivity contribution in [3.05, 3.63) is 10.6 Å². The number of nitrogens with two attached hydrogens (primary N) is 2. The van der Waals surface area contributed by atoms with E-state index in [1.165, 1.54) is 0 Å². The second-order valence-corrected chi connectivity index (χ2v) is 4.64. The molecule has 0 aliphatic rings. The predicted octanol–water partition coefficient (Wildman–Crippen LogP) is -0.355. The Morgan fingerprint density at radius 3 is 2.78 bits per heavy atom. The average Bonchev–Trinajstić information content (AvgIpc) is 2.71. The Bertz CT molecular complexity index is 410. The van der Waals surface area contributed by atoms with Crippen molar-refractivity contribution >= 4 is 22.4 Å². The fourth-order valence-electron chi connectivity index (χ4n) is 1.40. The Morgan fingerprint density at radius 2 is 2.22 bits per heavy atom. The zero-order valence-corrected chi connectivity index (χ0v) is 10.8. The number of hydrogen-bond acceptors (Lipinski definition) is 8. The third-order valence-electron chi connectivity index (χ3n) is 2.23. The minimum Gasteiger partial charge on any atom is -0.461 e. The fraction of sp³-hybridized carbons (Fsp3) is 0.600. The van der Waals surface area contributed by atoms with Gasteiger partial charge in [0, 0.05) is 0 Å². The van der Waals surface area contributed by atoms with E-state index in [4.69, 9.17) is 16.2 Å². The van der Waals surface area contributed by atoms with Crippen LogP contribution in [0.5, 0.6) is 0 Å². The number of aromatic nitrogens is 1. The van der Waals surface area contributed by atoms with E-state index in [9.17, 15) is 15.0 Å². The molecule has 7 nitrogen and oxygen atoms in total. The number of rotatable bonds is 6. The van der Waals surface area contributed by atoms with Gasteiger partial charge in [-0.25, -0.2) is 9.78 Å². The molecule has 0 saturated heterocycles. The molecular formula is C10H17N3O4S. The first-order chi connectivity index (χ1) is 8.51. The van der Waals surface area contributed by atoms with Gasteiger partial charge in [0.25, 0.3) is 0 Å². The van der Waals surface area contributed by atoms with Gasteiger partial charge in [-0.15, -0.1) is 0 Å². The molecule has 0 spiro atoms. The van der Waals surface area contributed by atoms with Gasteiger partial charge < -0.3 is 26.4 Å². The highest BCUT2D eigenvalue weighted by molar-refractivity contribution is 7.15. The van der Waals surface area contributed by atoms with E-state index in [1.807, 2.05) is 0 Å². The summed E-state index contributed by atoms with van der Waals surface area (Å²) in [6.45, 7) is 2.07. The molecule has 2 unspecified atom stereocenters. The second-order valence-electron chi connectivity index (χ2n) is 3.57. The lowest BCUT2D eigenvalue weighted by atomic mass is 10.1. The molecule has 1 heterocycles. The Hall–Kier alpha value is -1.22. The summed E-state index contributed by atoms with van der Waals surface area (Å²) in [5.74, 6) is -0.667. The molecule has 0 aliphatic heterocycles. The number of anilines is 1. The quantitative estimate of drug-likeness (QED) is 0.521. The number of hydrogen-bond donors (Lipinski definition) is 4. The number of aliphatic hydroxyl groups excluding tert-OH is 2. The molecule has 0 amide bonds. The third-order valence-corrected chi connectivity index (χ3v) is 3.19. The molecule has 102 valence electrons. The van der Waals surface area contributed by atoms with Crippen LogP contribution >= 0.6 is 11.3 Å². The molecule has 0 aliphatic carbocycles. The summed E-state index contributed by atoms with van der Waals surface area (Å²) in [5.41, 5.74) is 10.8. The molecule has 6 N–H and O–H groups in total. The molecule has 1 aromatic rings. The lowest BCUT2D eigenvalue weighted by Gasteiger charge is -2.16. The third kappa shape index (κ3) is 3.39. The van der Waals surface area contributed by atoms with Crippen LogP contribution in [0.2, 0.25) is 0 Å². The number of esters is 1. The molecular weight excluding hydrogens is 258 g/mol. The van der Waals surface area contributed by atoms with Crippen molar-refractivity contribution in [1.29, 1.82) is 0 Å². The van der Waals surface area contributed by atoms with Gasteiger partial charge in [-0.2, -0.15) is 0 Å². The van der Waals surface area contributed by atoms with Crippen molar-refractivity contribution in [2.45, 2.75) is 25.6 Å². The molecule has 0 fully saturated rings. The maximum atomic E-state index is 11.6. The highest BCUT2D eigenvalue weighted by Crippen LogP contribution is 2.30. The van der Waals surface area contributed by atoms with E-state index in [-0.39, 0.29) is 35.3 Å². The largest absolute Gasteiger partial charge is 0.461 e. The number of thiazole rings is 1. The van der Waals surface area contributed by atoms with Gasteiger partial charge in [0.1, 0.15) is 6.10 Å². The number of carbonyl (C=O) groups excluding carboxylic acids is 1. The van der Waals surface area contributed by atoms with E-state index in [1.54, 1.807) is 6.92 Å². The molecule has 8 heteroatoms. The van der Waals surface area contributed by atoms with Gasteiger partial charge >= 0.3 is 5.97 Å². The fourth-order valence-corrected chi connectivity index (χ4v) is 2.26. The molecule has 1 rings (SSSR count). The molecule has 0 aromatic carbocycles. The van der Waals surface area contributed by atoms with Crippen LogP contribution in [0.1, 0.15) is 34.8 Å². The van der Waals surface area contributed by atoms with Crippen molar-refractivity contribution in [2.24, 2.45) is 5.73 Å². The molecule has 0 radical (unpaired) electrons. The lowest BCUT2D eigenvalue weighted by Crippen LogP contribution is -2.23. The van der Waals surface area contributed by atoms with Crippen LogP contribution in [-0.2, 0) is 4.74 Å². The summed E-state index contributed by atoms with van der Waals surface area (Å²) in [6.07, 6.45) is -2.10. The zero-order chi connectivity index (χ0) is 13.7. The number of nitrogens with zero attached hydrogens (tertiary/aromatic N) is 1. The van der Waals surface area contributed by atoms with Gasteiger partial charge in [0.15, 0.2) is 10.8 Å². The average molecular weight is 275 g/mol. The molecule has 0 saturated carbocycles. The van der Waals surface area contributed by atoms with Crippen LogP contribution in [-0.4, -0.2) is 40.4 Å². The topological polar surface area (TPSA) is 132 Å². The Labute approximate surface area is 108 Å². The minimum absolute atomic E-state index is 0.0529. The van der Waals surface area contributed by atoms with Crippen LogP contribution in [0.25, 0.3) is 0 Å². The number of nitrogen functional groups attached to an aromatic ring is 1. The minimum atomic E-state index is -1.25. The van der Waals surface area contributed by atoms with E-state index in [2.05, 4.69) is 4.98 Å². The van der Waals surface area contributed by atoms with Crippen LogP contribution < -0.4 is 11.5 Å². The monoisotopic (exact) mass is 275 g/mol. The highest BCUT2D eigenvalue weighted by Gasteiger charge is 2.28. The smallest absolute Gasteiger partial charge is 0.358 e. The summed E-state index contributed by atoms with van der Waals surface area (Å²) in [4.78, 5) is 15.6. The summed E-state index contributed by atoms with van der Waals surface area (Å²) < 4.78 is 4.80. The van der Waals surface area contributed by atoms with Crippen molar-refractivity contribution in [2.75, 3.05) is 18.9 Å². The SMILES string of the molecule is CCOC(=O)c1nc(N)sc1C(O)C(O)CCN. The zero-order valence-electron chi connectivity index (χ0n) is 10.00. The van der Waals surface area contributed by atoms with Crippen molar-refractivity contribution in [1.82, 2.24) is 4.98 Å². The van der Waals surface area contributed by atoms with Gasteiger partial charge in [0.2, 0.25) is 0 Å². The van der Waals surface area contributed by atoms with Gasteiger partial charge in [-0.3, -0.25) is 0 Å². The van der Waals surface area contributed by atoms with Crippen LogP contribution in [0.15, 0.2) is 0 Å². The van der Waals surface area contributed by atoms with E-state index in [0.29, 0.717) is 0 Å². The molecule has 2 atom stereocenters. The highest BCUT2D eigenvalue weighted by atomic mass is 32.1. The van der Waals surface area contributed by atoms with Crippen LogP contribution in [0.4, 0.5) is 5.13 Å². The number of carbonyl (C=O) groups is 1. The summed E-state index contributed by atoms with van der Waals surface area (Å²) in [7, 11) is 0. The summed E-state index contributed by atoms with van der Waals surface area (Å²) in [6, 6.07) is 0. The molecule has 1 aromatic heterocycles. The summed E-state index contributed by atoms with van der Waals surface area (Å²) in [5, 5.41) is 19.7. The van der Waals surface area contributed by atoms with Crippen molar-refractivity contribution in [3.63, 3.8) is 0 Å². The van der Waals surface area contributed by atoms with Crippen LogP contribution in [0, 0.1) is 0 Å². The second kappa shape index (κ2) is 6.64. The Morgan fingerprint density at radius 1 is 1.56 bits per heavy atom. The van der Waals surface area contributed by atoms with E-state index >= 15 is 0 Å². The predicted molar refractivity (Wildman–Crippen MR) is 67.1 cm³/mol. The van der Waals surface area contributed by atoms with E-state index < -0.39 is 18.2 Å². The molecule has 0 bridgehead atoms. The summed E-state index contributed by atoms with van der Waals surface area (Å²) >= 11 is 0.946. The number of ether oxygens (including phenoxy) is 1. The number of aliphatic hydroxyl groups is 2. The van der Waals surface area contributed by atoms with Crippen LogP contribution in [0.3, 0.4) is 0 Å². The normalized spacial score (nSPS) is 14.2. The Balaban J connectivity index is 2.97. The lowest BCUT2D eigenvalue weighted by molar-refractivity contribution is 0.0155.